The predicted molar refractivity (Wildman–Crippen MR) is 176 cm³/mol. The van der Waals surface area contributed by atoms with Crippen molar-refractivity contribution < 1.29 is 0 Å². The first-order chi connectivity index (χ1) is 20.9. The molecule has 2 heteroatoms. The SMILES string of the molecule is C1=Cc2c(c3c(nc4c5c6c(ccc5c(-c5ccccc5)c(-c5ccccc5)n43)C=CC3CC63)c3ccccc23)CC1. The van der Waals surface area contributed by atoms with Crippen LogP contribution in [0.3, 0.4) is 0 Å². The minimum Gasteiger partial charge on any atom is -0.291 e. The van der Waals surface area contributed by atoms with Gasteiger partial charge in [0, 0.05) is 16.3 Å². The summed E-state index contributed by atoms with van der Waals surface area (Å²) in [6.45, 7) is 0. The average Bonchev–Trinajstić information content (AvgIpc) is 3.76. The van der Waals surface area contributed by atoms with E-state index >= 15 is 0 Å². The molecule has 7 aromatic rings. The molecule has 0 aliphatic heterocycles. The second-order valence-electron chi connectivity index (χ2n) is 12.2. The summed E-state index contributed by atoms with van der Waals surface area (Å²) < 4.78 is 2.57. The van der Waals surface area contributed by atoms with Gasteiger partial charge in [-0.25, -0.2) is 4.98 Å². The van der Waals surface area contributed by atoms with E-state index in [1.165, 1.54) is 78.1 Å². The average molecular weight is 537 g/mol. The molecule has 0 radical (unpaired) electrons. The van der Waals surface area contributed by atoms with E-state index in [4.69, 9.17) is 4.98 Å². The van der Waals surface area contributed by atoms with Crippen molar-refractivity contribution in [2.45, 2.75) is 25.2 Å². The van der Waals surface area contributed by atoms with Gasteiger partial charge in [0.15, 0.2) is 0 Å². The fourth-order valence-corrected chi connectivity index (χ4v) is 7.98. The Kier molecular flexibility index (Phi) is 4.49. The topological polar surface area (TPSA) is 17.3 Å². The van der Waals surface area contributed by atoms with E-state index in [-0.39, 0.29) is 0 Å². The lowest BCUT2D eigenvalue weighted by Gasteiger charge is -2.22. The van der Waals surface area contributed by atoms with Crippen LogP contribution < -0.4 is 0 Å². The number of allylic oxidation sites excluding steroid dienone is 2. The number of hydrogen-bond donors (Lipinski definition) is 0. The molecular weight excluding hydrogens is 508 g/mol. The maximum absolute atomic E-state index is 5.68. The van der Waals surface area contributed by atoms with Crippen molar-refractivity contribution in [2.24, 2.45) is 5.92 Å². The molecule has 1 saturated carbocycles. The van der Waals surface area contributed by atoms with Crippen LogP contribution in [-0.4, -0.2) is 9.38 Å². The second-order valence-corrected chi connectivity index (χ2v) is 12.2. The molecule has 0 bridgehead atoms. The van der Waals surface area contributed by atoms with Gasteiger partial charge in [-0.1, -0.05) is 121 Å². The lowest BCUT2D eigenvalue weighted by Crippen LogP contribution is -2.05. The Hall–Kier alpha value is -4.95. The molecule has 198 valence electrons. The predicted octanol–water partition coefficient (Wildman–Crippen LogP) is 10.2. The van der Waals surface area contributed by atoms with Gasteiger partial charge in [-0.3, -0.25) is 4.40 Å². The third-order valence-electron chi connectivity index (χ3n) is 9.88. The molecule has 3 aliphatic carbocycles. The fraction of sp³-hybridized carbons (Fsp3) is 0.125. The van der Waals surface area contributed by atoms with Crippen molar-refractivity contribution in [3.63, 3.8) is 0 Å². The van der Waals surface area contributed by atoms with Crippen LogP contribution in [0.5, 0.6) is 0 Å². The molecule has 42 heavy (non-hydrogen) atoms. The van der Waals surface area contributed by atoms with Gasteiger partial charge in [0.25, 0.3) is 0 Å². The molecule has 1 fully saturated rings. The van der Waals surface area contributed by atoms with E-state index in [9.17, 15) is 0 Å². The van der Waals surface area contributed by atoms with Gasteiger partial charge >= 0.3 is 0 Å². The van der Waals surface area contributed by atoms with Crippen LogP contribution in [0.2, 0.25) is 0 Å². The number of hydrogen-bond acceptors (Lipinski definition) is 1. The van der Waals surface area contributed by atoms with Crippen molar-refractivity contribution in [3.05, 3.63) is 131 Å². The summed E-state index contributed by atoms with van der Waals surface area (Å²) in [5.41, 5.74) is 14.1. The molecule has 0 saturated heterocycles. The molecular formula is C40H28N2. The second kappa shape index (κ2) is 8.30. The molecule has 0 spiro atoms. The van der Waals surface area contributed by atoms with Crippen molar-refractivity contribution in [1.29, 1.82) is 0 Å². The Morgan fingerprint density at radius 1 is 0.714 bits per heavy atom. The Balaban J connectivity index is 1.54. The highest BCUT2D eigenvalue weighted by atomic mass is 15.0. The molecule has 2 heterocycles. The molecule has 0 N–H and O–H groups in total. The number of rotatable bonds is 2. The maximum atomic E-state index is 5.68. The highest BCUT2D eigenvalue weighted by Crippen LogP contribution is 2.56. The van der Waals surface area contributed by atoms with E-state index < -0.39 is 0 Å². The zero-order chi connectivity index (χ0) is 27.4. The summed E-state index contributed by atoms with van der Waals surface area (Å²) in [7, 11) is 0. The van der Waals surface area contributed by atoms with Crippen LogP contribution in [0.15, 0.2) is 109 Å². The van der Waals surface area contributed by atoms with Crippen molar-refractivity contribution >= 4 is 50.4 Å². The Morgan fingerprint density at radius 2 is 1.48 bits per heavy atom. The first-order valence-electron chi connectivity index (χ1n) is 15.2. The minimum absolute atomic E-state index is 0.581. The Bertz CT molecular complexity index is 2320. The molecule has 2 nitrogen and oxygen atoms in total. The van der Waals surface area contributed by atoms with Crippen LogP contribution in [0.4, 0.5) is 0 Å². The van der Waals surface area contributed by atoms with E-state index in [1.807, 2.05) is 0 Å². The zero-order valence-electron chi connectivity index (χ0n) is 23.2. The Morgan fingerprint density at radius 3 is 2.31 bits per heavy atom. The van der Waals surface area contributed by atoms with E-state index in [1.54, 1.807) is 0 Å². The van der Waals surface area contributed by atoms with Crippen LogP contribution in [0.25, 0.3) is 72.8 Å². The van der Waals surface area contributed by atoms with Crippen molar-refractivity contribution in [3.8, 4) is 22.4 Å². The number of pyridine rings is 1. The quantitative estimate of drug-likeness (QED) is 0.215. The number of aromatic nitrogens is 2. The van der Waals surface area contributed by atoms with Gasteiger partial charge in [-0.15, -0.1) is 0 Å². The number of imidazole rings is 1. The van der Waals surface area contributed by atoms with Gasteiger partial charge < -0.3 is 0 Å². The standard InChI is InChI=1S/C40H28N2/c1-3-11-24(12-4-1)35-32-22-21-25-19-20-27-23-33(27)34(25)36(32)40-41-37-30-17-9-7-15-28(30)29-16-8-10-18-31(29)39(37)42(40)38(35)26-13-5-2-6-14-26/h1-9,11-17,19-22,27,33H,10,18,23H2. The van der Waals surface area contributed by atoms with Crippen LogP contribution in [0, 0.1) is 5.92 Å². The number of benzene rings is 5. The third kappa shape index (κ3) is 2.97. The van der Waals surface area contributed by atoms with Crippen LogP contribution in [0.1, 0.15) is 41.0 Å². The highest BCUT2D eigenvalue weighted by molar-refractivity contribution is 6.18. The van der Waals surface area contributed by atoms with E-state index in [2.05, 4.69) is 126 Å². The highest BCUT2D eigenvalue weighted by Gasteiger charge is 2.41. The van der Waals surface area contributed by atoms with Crippen molar-refractivity contribution in [2.75, 3.05) is 0 Å². The van der Waals surface area contributed by atoms with E-state index in [0.29, 0.717) is 11.8 Å². The molecule has 3 aliphatic rings. The Labute approximate surface area is 244 Å². The third-order valence-corrected chi connectivity index (χ3v) is 9.88. The molecule has 10 rings (SSSR count). The molecule has 0 amide bonds. The number of aryl methyl sites for hydroxylation is 1. The molecule has 5 aromatic carbocycles. The first-order valence-corrected chi connectivity index (χ1v) is 15.2. The normalized spacial score (nSPS) is 18.5. The summed E-state index contributed by atoms with van der Waals surface area (Å²) in [6, 6.07) is 35.6. The molecule has 2 unspecified atom stereocenters. The summed E-state index contributed by atoms with van der Waals surface area (Å²) in [4.78, 5) is 5.68. The number of nitrogens with zero attached hydrogens (tertiary/aromatic N) is 2. The molecule has 2 aromatic heterocycles. The van der Waals surface area contributed by atoms with Gasteiger partial charge in [-0.2, -0.15) is 0 Å². The summed E-state index contributed by atoms with van der Waals surface area (Å²) in [5, 5.41) is 5.19. The number of fused-ring (bicyclic) bond motifs is 14. The lowest BCUT2D eigenvalue weighted by molar-refractivity contribution is 0.992. The zero-order valence-corrected chi connectivity index (χ0v) is 23.2. The largest absolute Gasteiger partial charge is 0.291 e. The maximum Gasteiger partial charge on any atom is 0.146 e. The summed E-state index contributed by atoms with van der Waals surface area (Å²) >= 11 is 0. The van der Waals surface area contributed by atoms with Gasteiger partial charge in [0.05, 0.1) is 16.7 Å². The van der Waals surface area contributed by atoms with Gasteiger partial charge in [-0.05, 0) is 75.3 Å². The van der Waals surface area contributed by atoms with E-state index in [0.717, 1.165) is 24.0 Å². The van der Waals surface area contributed by atoms with Crippen LogP contribution >= 0.6 is 0 Å². The van der Waals surface area contributed by atoms with Crippen molar-refractivity contribution in [1.82, 2.24) is 9.38 Å². The van der Waals surface area contributed by atoms with Gasteiger partial charge in [0.1, 0.15) is 5.65 Å². The summed E-state index contributed by atoms with van der Waals surface area (Å²) in [5.74, 6) is 1.23. The minimum atomic E-state index is 0.581. The van der Waals surface area contributed by atoms with Crippen LogP contribution in [-0.2, 0) is 6.42 Å². The first kappa shape index (κ1) is 22.7. The fourth-order valence-electron chi connectivity index (χ4n) is 7.98. The van der Waals surface area contributed by atoms with Gasteiger partial charge in [0.2, 0.25) is 0 Å². The lowest BCUT2D eigenvalue weighted by atomic mass is 9.87. The summed E-state index contributed by atoms with van der Waals surface area (Å²) in [6.07, 6.45) is 12.8. The molecule has 2 atom stereocenters. The smallest absolute Gasteiger partial charge is 0.146 e. The monoisotopic (exact) mass is 536 g/mol.